The van der Waals surface area contributed by atoms with Crippen molar-refractivity contribution in [3.8, 4) is 0 Å². The molecule has 0 heterocycles. The largest absolute Gasteiger partial charge is 0.484 e. The molecule has 73 valence electrons. The summed E-state index contributed by atoms with van der Waals surface area (Å²) in [7, 11) is -1.73. The van der Waals surface area contributed by atoms with Crippen LogP contribution >= 0.6 is 0 Å². The second kappa shape index (κ2) is 13.7. The summed E-state index contributed by atoms with van der Waals surface area (Å²) in [5.41, 5.74) is 0. The van der Waals surface area contributed by atoms with E-state index >= 15 is 0 Å². The Labute approximate surface area is 79.9 Å². The van der Waals surface area contributed by atoms with Crippen molar-refractivity contribution >= 4 is 17.9 Å². The third-order valence-corrected chi connectivity index (χ3v) is 2.72. The molecule has 12 heavy (non-hydrogen) atoms. The van der Waals surface area contributed by atoms with Crippen molar-refractivity contribution in [3.05, 3.63) is 0 Å². The molecule has 0 N–H and O–H groups in total. The Hall–Kier alpha value is 0.162. The van der Waals surface area contributed by atoms with Crippen molar-refractivity contribution in [1.82, 2.24) is 0 Å². The zero-order chi connectivity index (χ0) is 7.82. The summed E-state index contributed by atoms with van der Waals surface area (Å²) >= 11 is 0. The van der Waals surface area contributed by atoms with Crippen molar-refractivity contribution in [3.63, 3.8) is 0 Å². The molecule has 5 heteroatoms. The molecule has 0 aliphatic heterocycles. The standard InChI is InChI=1S/C6H16O3Si.CH4.B/c1-4-7-10(8-5-2)9-6-3;;/h10H,4-6H2,1-3H3;1H4;. The molecule has 0 bridgehead atoms. The molecule has 0 aromatic rings. The van der Waals surface area contributed by atoms with Crippen molar-refractivity contribution in [2.45, 2.75) is 28.2 Å². The first-order valence-electron chi connectivity index (χ1n) is 3.69. The average molecular weight is 191 g/mol. The van der Waals surface area contributed by atoms with E-state index in [0.29, 0.717) is 19.8 Å². The molecule has 0 atom stereocenters. The minimum absolute atomic E-state index is 0. The van der Waals surface area contributed by atoms with Crippen LogP contribution in [0, 0.1) is 0 Å². The van der Waals surface area contributed by atoms with Crippen LogP contribution < -0.4 is 0 Å². The van der Waals surface area contributed by atoms with E-state index in [1.165, 1.54) is 0 Å². The molecule has 0 saturated heterocycles. The van der Waals surface area contributed by atoms with E-state index in [9.17, 15) is 0 Å². The molecule has 0 aliphatic carbocycles. The van der Waals surface area contributed by atoms with E-state index in [-0.39, 0.29) is 15.8 Å². The summed E-state index contributed by atoms with van der Waals surface area (Å²) in [5, 5.41) is 0. The molecular formula is C7H20BO3Si. The van der Waals surface area contributed by atoms with Crippen molar-refractivity contribution in [2.75, 3.05) is 19.8 Å². The first-order valence-corrected chi connectivity index (χ1v) is 5.11. The molecule has 0 aromatic carbocycles. The van der Waals surface area contributed by atoms with E-state index in [1.54, 1.807) is 0 Å². The van der Waals surface area contributed by atoms with Gasteiger partial charge in [-0.1, -0.05) is 7.43 Å². The van der Waals surface area contributed by atoms with Gasteiger partial charge in [-0.25, -0.2) is 0 Å². The van der Waals surface area contributed by atoms with Crippen molar-refractivity contribution in [1.29, 1.82) is 0 Å². The van der Waals surface area contributed by atoms with E-state index < -0.39 is 9.53 Å². The van der Waals surface area contributed by atoms with Gasteiger partial charge in [0.05, 0.1) is 0 Å². The van der Waals surface area contributed by atoms with Crippen molar-refractivity contribution < 1.29 is 13.3 Å². The van der Waals surface area contributed by atoms with Crippen LogP contribution in [0.4, 0.5) is 0 Å². The molecule has 0 fully saturated rings. The Morgan fingerprint density at radius 1 is 0.833 bits per heavy atom. The fraction of sp³-hybridized carbons (Fsp3) is 1.00. The van der Waals surface area contributed by atoms with E-state index in [0.717, 1.165) is 0 Å². The Kier molecular flexibility index (Phi) is 20.7. The predicted octanol–water partition coefficient (Wildman–Crippen LogP) is 1.07. The lowest BCUT2D eigenvalue weighted by atomic mass is 10.8. The van der Waals surface area contributed by atoms with Gasteiger partial charge in [-0.05, 0) is 20.8 Å². The number of hydrogen-bond acceptors (Lipinski definition) is 3. The minimum Gasteiger partial charge on any atom is -0.376 e. The Morgan fingerprint density at radius 3 is 1.25 bits per heavy atom. The van der Waals surface area contributed by atoms with Crippen LogP contribution in [0.3, 0.4) is 0 Å². The second-order valence-electron chi connectivity index (χ2n) is 1.65. The van der Waals surface area contributed by atoms with Gasteiger partial charge in [-0.3, -0.25) is 0 Å². The van der Waals surface area contributed by atoms with Crippen LogP contribution in [0.25, 0.3) is 0 Å². The van der Waals surface area contributed by atoms with Gasteiger partial charge in [-0.2, -0.15) is 0 Å². The highest BCUT2D eigenvalue weighted by Crippen LogP contribution is 1.90. The molecule has 3 nitrogen and oxygen atoms in total. The summed E-state index contributed by atoms with van der Waals surface area (Å²) in [6.45, 7) is 7.86. The fourth-order valence-corrected chi connectivity index (χ4v) is 1.66. The zero-order valence-corrected chi connectivity index (χ0v) is 8.66. The maximum atomic E-state index is 5.22. The quantitative estimate of drug-likeness (QED) is 0.588. The van der Waals surface area contributed by atoms with Crippen LogP contribution in [-0.2, 0) is 13.3 Å². The van der Waals surface area contributed by atoms with Crippen molar-refractivity contribution in [2.24, 2.45) is 0 Å². The first kappa shape index (κ1) is 18.1. The van der Waals surface area contributed by atoms with Crippen LogP contribution in [0.2, 0.25) is 0 Å². The van der Waals surface area contributed by atoms with Crippen LogP contribution in [0.1, 0.15) is 28.2 Å². The molecule has 0 aromatic heterocycles. The lowest BCUT2D eigenvalue weighted by Crippen LogP contribution is -2.27. The van der Waals surface area contributed by atoms with E-state index in [4.69, 9.17) is 13.3 Å². The third-order valence-electron chi connectivity index (χ3n) is 0.908. The Bertz CT molecular complexity index is 61.4. The van der Waals surface area contributed by atoms with Crippen LogP contribution in [-0.4, -0.2) is 37.8 Å². The molecule has 0 spiro atoms. The summed E-state index contributed by atoms with van der Waals surface area (Å²) in [6, 6.07) is 0. The summed E-state index contributed by atoms with van der Waals surface area (Å²) < 4.78 is 15.7. The molecular weight excluding hydrogens is 171 g/mol. The highest BCUT2D eigenvalue weighted by molar-refractivity contribution is 6.36. The van der Waals surface area contributed by atoms with Gasteiger partial charge in [0.25, 0.3) is 0 Å². The zero-order valence-electron chi connectivity index (χ0n) is 7.50. The van der Waals surface area contributed by atoms with Gasteiger partial charge < -0.3 is 13.3 Å². The highest BCUT2D eigenvalue weighted by Gasteiger charge is 2.11. The molecule has 0 unspecified atom stereocenters. The van der Waals surface area contributed by atoms with Gasteiger partial charge in [0, 0.05) is 28.2 Å². The highest BCUT2D eigenvalue weighted by atomic mass is 28.3. The molecule has 0 amide bonds. The second-order valence-corrected chi connectivity index (χ2v) is 3.23. The Balaban J connectivity index is -0.000000405. The average Bonchev–Trinajstić information content (AvgIpc) is 1.90. The first-order chi connectivity index (χ1) is 4.85. The fourth-order valence-electron chi connectivity index (χ4n) is 0.553. The lowest BCUT2D eigenvalue weighted by molar-refractivity contribution is 0.107. The van der Waals surface area contributed by atoms with Gasteiger partial charge >= 0.3 is 9.53 Å². The van der Waals surface area contributed by atoms with Gasteiger partial charge in [0.15, 0.2) is 0 Å². The monoisotopic (exact) mass is 191 g/mol. The summed E-state index contributed by atoms with van der Waals surface area (Å²) in [4.78, 5) is 0. The molecule has 3 radical (unpaired) electrons. The summed E-state index contributed by atoms with van der Waals surface area (Å²) in [5.74, 6) is 0. The maximum absolute atomic E-state index is 5.22. The SMILES string of the molecule is C.CCO[SiH](OCC)OCC.[B]. The minimum atomic E-state index is -1.73. The van der Waals surface area contributed by atoms with E-state index in [1.807, 2.05) is 20.8 Å². The number of rotatable bonds is 6. The van der Waals surface area contributed by atoms with Gasteiger partial charge in [0.2, 0.25) is 0 Å². The van der Waals surface area contributed by atoms with E-state index in [2.05, 4.69) is 0 Å². The van der Waals surface area contributed by atoms with Crippen LogP contribution in [0.5, 0.6) is 0 Å². The maximum Gasteiger partial charge on any atom is 0.484 e. The Morgan fingerprint density at radius 2 is 1.08 bits per heavy atom. The lowest BCUT2D eigenvalue weighted by Gasteiger charge is -2.12. The van der Waals surface area contributed by atoms with Gasteiger partial charge in [-0.15, -0.1) is 0 Å². The predicted molar refractivity (Wildman–Crippen MR) is 54.5 cm³/mol. The smallest absolute Gasteiger partial charge is 0.376 e. The van der Waals surface area contributed by atoms with Gasteiger partial charge in [0.1, 0.15) is 0 Å². The normalized spacial score (nSPS) is 9.00. The third kappa shape index (κ3) is 10.2. The molecule has 0 rings (SSSR count). The molecule has 0 aliphatic rings. The summed E-state index contributed by atoms with van der Waals surface area (Å²) in [6.07, 6.45) is 0. The molecule has 0 saturated carbocycles. The number of hydrogen-bond donors (Lipinski definition) is 0. The topological polar surface area (TPSA) is 27.7 Å². The van der Waals surface area contributed by atoms with Crippen LogP contribution in [0.15, 0.2) is 0 Å².